The summed E-state index contributed by atoms with van der Waals surface area (Å²) in [6.07, 6.45) is 1.54. The predicted octanol–water partition coefficient (Wildman–Crippen LogP) is 1.58. The molecule has 7 heteroatoms. The first-order valence-electron chi connectivity index (χ1n) is 6.68. The number of nitriles is 1. The monoisotopic (exact) mass is 295 g/mol. The van der Waals surface area contributed by atoms with Crippen molar-refractivity contribution in [3.8, 4) is 11.8 Å². The Hall–Kier alpha value is -3.11. The number of aliphatic hydroxyl groups is 1. The standard InChI is InChI=1S/C15H13N5O2/c16-9-10(11-5-6-17-15(20-11)18-7-8-21)14-19-12-3-1-2-4-13(12)22-14/h1-6,19,21H,7-8H2,(H,17,18,20)/b14-10-. The van der Waals surface area contributed by atoms with Crippen LogP contribution in [0, 0.1) is 11.3 Å². The van der Waals surface area contributed by atoms with E-state index in [1.54, 1.807) is 12.3 Å². The quantitative estimate of drug-likeness (QED) is 0.736. The van der Waals surface area contributed by atoms with Crippen LogP contribution in [-0.2, 0) is 0 Å². The first-order chi connectivity index (χ1) is 10.8. The molecule has 1 aromatic carbocycles. The SMILES string of the molecule is N#C/C(=C1\Nc2ccccc2O1)c1ccnc(NCCO)n1. The zero-order valence-electron chi connectivity index (χ0n) is 11.6. The summed E-state index contributed by atoms with van der Waals surface area (Å²) in [5.41, 5.74) is 1.52. The molecule has 2 heterocycles. The summed E-state index contributed by atoms with van der Waals surface area (Å²) in [5, 5.41) is 24.2. The largest absolute Gasteiger partial charge is 0.437 e. The molecule has 1 aliphatic heterocycles. The van der Waals surface area contributed by atoms with E-state index in [0.29, 0.717) is 29.8 Å². The van der Waals surface area contributed by atoms with Gasteiger partial charge < -0.3 is 20.5 Å². The van der Waals surface area contributed by atoms with Crippen LogP contribution in [0.4, 0.5) is 11.6 Å². The van der Waals surface area contributed by atoms with E-state index in [-0.39, 0.29) is 12.2 Å². The number of hydrogen-bond donors (Lipinski definition) is 3. The molecular formula is C15H13N5O2. The number of para-hydroxylation sites is 2. The van der Waals surface area contributed by atoms with Gasteiger partial charge in [0.15, 0.2) is 5.75 Å². The Kier molecular flexibility index (Phi) is 3.85. The van der Waals surface area contributed by atoms with Gasteiger partial charge in [-0.1, -0.05) is 12.1 Å². The fourth-order valence-corrected chi connectivity index (χ4v) is 2.01. The van der Waals surface area contributed by atoms with Gasteiger partial charge in [0.05, 0.1) is 18.0 Å². The van der Waals surface area contributed by atoms with E-state index in [0.717, 1.165) is 5.69 Å². The van der Waals surface area contributed by atoms with Crippen LogP contribution in [0.15, 0.2) is 42.4 Å². The van der Waals surface area contributed by atoms with Crippen molar-refractivity contribution in [1.29, 1.82) is 5.26 Å². The predicted molar refractivity (Wildman–Crippen MR) is 80.8 cm³/mol. The molecule has 0 amide bonds. The number of anilines is 2. The van der Waals surface area contributed by atoms with E-state index in [1.165, 1.54) is 0 Å². The fraction of sp³-hybridized carbons (Fsp3) is 0.133. The van der Waals surface area contributed by atoms with Gasteiger partial charge in [-0.15, -0.1) is 0 Å². The molecule has 3 N–H and O–H groups in total. The molecule has 0 saturated carbocycles. The molecule has 1 aromatic heterocycles. The van der Waals surface area contributed by atoms with Gasteiger partial charge in [0.2, 0.25) is 11.8 Å². The minimum absolute atomic E-state index is 0.0280. The lowest BCUT2D eigenvalue weighted by Gasteiger charge is -2.06. The highest BCUT2D eigenvalue weighted by molar-refractivity contribution is 5.81. The lowest BCUT2D eigenvalue weighted by Crippen LogP contribution is -2.10. The van der Waals surface area contributed by atoms with Gasteiger partial charge >= 0.3 is 0 Å². The zero-order valence-corrected chi connectivity index (χ0v) is 11.6. The number of rotatable bonds is 4. The Balaban J connectivity index is 1.93. The van der Waals surface area contributed by atoms with Crippen LogP contribution < -0.4 is 15.4 Å². The van der Waals surface area contributed by atoms with Gasteiger partial charge in [-0.05, 0) is 18.2 Å². The molecule has 1 aliphatic rings. The number of hydrogen-bond acceptors (Lipinski definition) is 7. The molecule has 0 saturated heterocycles. The van der Waals surface area contributed by atoms with E-state index >= 15 is 0 Å². The van der Waals surface area contributed by atoms with Crippen molar-refractivity contribution >= 4 is 17.2 Å². The summed E-state index contributed by atoms with van der Waals surface area (Å²) in [4.78, 5) is 8.29. The molecule has 0 radical (unpaired) electrons. The van der Waals surface area contributed by atoms with Crippen molar-refractivity contribution in [2.24, 2.45) is 0 Å². The summed E-state index contributed by atoms with van der Waals surface area (Å²) in [7, 11) is 0. The second kappa shape index (κ2) is 6.11. The molecule has 3 rings (SSSR count). The minimum atomic E-state index is -0.0280. The average Bonchev–Trinajstić information content (AvgIpc) is 2.97. The summed E-state index contributed by atoms with van der Waals surface area (Å²) >= 11 is 0. The third-order valence-electron chi connectivity index (χ3n) is 2.99. The molecule has 0 unspecified atom stereocenters. The number of nitrogens with zero attached hydrogens (tertiary/aromatic N) is 3. The average molecular weight is 295 g/mol. The van der Waals surface area contributed by atoms with Crippen LogP contribution in [0.25, 0.3) is 5.57 Å². The van der Waals surface area contributed by atoms with Crippen LogP contribution in [0.5, 0.6) is 5.75 Å². The molecule has 2 aromatic rings. The van der Waals surface area contributed by atoms with Crippen molar-refractivity contribution in [2.45, 2.75) is 0 Å². The molecule has 0 aliphatic carbocycles. The Morgan fingerprint density at radius 1 is 1.36 bits per heavy atom. The van der Waals surface area contributed by atoms with Crippen LogP contribution in [0.1, 0.15) is 5.69 Å². The summed E-state index contributed by atoms with van der Waals surface area (Å²) in [6, 6.07) is 11.2. The number of allylic oxidation sites excluding steroid dienone is 1. The maximum atomic E-state index is 9.44. The highest BCUT2D eigenvalue weighted by Crippen LogP contribution is 2.35. The number of ether oxygens (including phenoxy) is 1. The summed E-state index contributed by atoms with van der Waals surface area (Å²) < 4.78 is 5.66. The maximum Gasteiger partial charge on any atom is 0.223 e. The number of aromatic nitrogens is 2. The molecule has 7 nitrogen and oxygen atoms in total. The normalized spacial score (nSPS) is 14.4. The second-order valence-electron chi connectivity index (χ2n) is 4.46. The first kappa shape index (κ1) is 13.9. The first-order valence-corrected chi connectivity index (χ1v) is 6.68. The summed E-state index contributed by atoms with van der Waals surface area (Å²) in [5.74, 6) is 1.35. The van der Waals surface area contributed by atoms with Gasteiger partial charge in [-0.2, -0.15) is 5.26 Å². The van der Waals surface area contributed by atoms with Crippen LogP contribution >= 0.6 is 0 Å². The van der Waals surface area contributed by atoms with Crippen LogP contribution in [0.2, 0.25) is 0 Å². The minimum Gasteiger partial charge on any atom is -0.437 e. The van der Waals surface area contributed by atoms with E-state index in [4.69, 9.17) is 9.84 Å². The summed E-state index contributed by atoms with van der Waals surface area (Å²) in [6.45, 7) is 0.307. The smallest absolute Gasteiger partial charge is 0.223 e. The fourth-order valence-electron chi connectivity index (χ4n) is 2.01. The number of nitrogens with one attached hydrogen (secondary N) is 2. The topological polar surface area (TPSA) is 103 Å². The van der Waals surface area contributed by atoms with E-state index < -0.39 is 0 Å². The third-order valence-corrected chi connectivity index (χ3v) is 2.99. The highest BCUT2D eigenvalue weighted by atomic mass is 16.5. The molecule has 110 valence electrons. The van der Waals surface area contributed by atoms with Gasteiger partial charge in [0, 0.05) is 12.7 Å². The molecule has 22 heavy (non-hydrogen) atoms. The molecule has 0 atom stereocenters. The Morgan fingerprint density at radius 3 is 3.00 bits per heavy atom. The molecule has 0 spiro atoms. The maximum absolute atomic E-state index is 9.44. The third kappa shape index (κ3) is 2.68. The van der Waals surface area contributed by atoms with Crippen molar-refractivity contribution in [3.05, 3.63) is 48.1 Å². The Morgan fingerprint density at radius 2 is 2.23 bits per heavy atom. The van der Waals surface area contributed by atoms with Crippen LogP contribution in [0.3, 0.4) is 0 Å². The van der Waals surface area contributed by atoms with Crippen molar-refractivity contribution < 1.29 is 9.84 Å². The molecular weight excluding hydrogens is 282 g/mol. The van der Waals surface area contributed by atoms with Crippen molar-refractivity contribution in [2.75, 3.05) is 23.8 Å². The Labute approximate surface area is 126 Å². The van der Waals surface area contributed by atoms with E-state index in [9.17, 15) is 5.26 Å². The molecule has 0 fully saturated rings. The van der Waals surface area contributed by atoms with Gasteiger partial charge in [0.25, 0.3) is 0 Å². The lowest BCUT2D eigenvalue weighted by atomic mass is 10.2. The number of aliphatic hydroxyl groups excluding tert-OH is 1. The molecule has 0 bridgehead atoms. The lowest BCUT2D eigenvalue weighted by molar-refractivity contribution is 0.311. The van der Waals surface area contributed by atoms with Crippen molar-refractivity contribution in [1.82, 2.24) is 9.97 Å². The Bertz CT molecular complexity index is 740. The van der Waals surface area contributed by atoms with Gasteiger partial charge in [-0.3, -0.25) is 0 Å². The second-order valence-corrected chi connectivity index (χ2v) is 4.46. The number of benzene rings is 1. The van der Waals surface area contributed by atoms with Crippen molar-refractivity contribution in [3.63, 3.8) is 0 Å². The van der Waals surface area contributed by atoms with Gasteiger partial charge in [-0.25, -0.2) is 9.97 Å². The van der Waals surface area contributed by atoms with E-state index in [2.05, 4.69) is 26.7 Å². The highest BCUT2D eigenvalue weighted by Gasteiger charge is 2.21. The van der Waals surface area contributed by atoms with E-state index in [1.807, 2.05) is 24.3 Å². The van der Waals surface area contributed by atoms with Crippen LogP contribution in [-0.4, -0.2) is 28.2 Å². The zero-order chi connectivity index (χ0) is 15.4. The number of fused-ring (bicyclic) bond motifs is 1. The van der Waals surface area contributed by atoms with Gasteiger partial charge in [0.1, 0.15) is 11.6 Å².